The molecule has 0 unspecified atom stereocenters. The SMILES string of the molecule is CCC[CH2][Sn]([CH2]CCC)([CH2]CCC)[O]C(=O)c1c(Cc2cccnc2)c2ccccc2n1C. The first-order valence-electron chi connectivity index (χ1n) is 12.7. The predicted molar refractivity (Wildman–Crippen MR) is 140 cm³/mol. The molecule has 0 aliphatic rings. The van der Waals surface area contributed by atoms with Crippen molar-refractivity contribution < 1.29 is 7.87 Å². The van der Waals surface area contributed by atoms with Gasteiger partial charge in [-0.3, -0.25) is 0 Å². The number of aryl methyl sites for hydroxylation is 1. The zero-order valence-electron chi connectivity index (χ0n) is 20.9. The van der Waals surface area contributed by atoms with E-state index in [1.165, 1.54) is 19.3 Å². The van der Waals surface area contributed by atoms with Crippen LogP contribution in [-0.4, -0.2) is 34.3 Å². The summed E-state index contributed by atoms with van der Waals surface area (Å²) in [6, 6.07) is 12.4. The van der Waals surface area contributed by atoms with E-state index in [4.69, 9.17) is 3.07 Å². The Labute approximate surface area is 204 Å². The van der Waals surface area contributed by atoms with Crippen molar-refractivity contribution in [2.24, 2.45) is 7.05 Å². The van der Waals surface area contributed by atoms with Crippen LogP contribution in [0.2, 0.25) is 13.3 Å². The van der Waals surface area contributed by atoms with E-state index in [1.54, 1.807) is 6.20 Å². The van der Waals surface area contributed by atoms with Crippen molar-refractivity contribution in [3.05, 3.63) is 65.6 Å². The molecule has 33 heavy (non-hydrogen) atoms. The standard InChI is InChI=1S/C16H14N2O2.3C4H9.Sn/c1-18-14-7-3-2-6-12(14)13(15(18)16(19)20)9-11-5-4-8-17-10-11;3*1-3-4-2;/h2-8,10H,9H2,1H3,(H,19,20);3*1,3-4H2,2H3;/q;;;;+1/p-1. The Kier molecular flexibility index (Phi) is 9.84. The van der Waals surface area contributed by atoms with Crippen LogP contribution in [-0.2, 0) is 16.5 Å². The number of unbranched alkanes of at least 4 members (excludes halogenated alkanes) is 3. The van der Waals surface area contributed by atoms with Crippen LogP contribution in [0.15, 0.2) is 48.8 Å². The molecular formula is C28H40N2O2Sn. The third-order valence-corrected chi connectivity index (χ3v) is 19.4. The molecule has 5 heteroatoms. The van der Waals surface area contributed by atoms with Crippen molar-refractivity contribution >= 4 is 35.7 Å². The van der Waals surface area contributed by atoms with Crippen molar-refractivity contribution in [1.82, 2.24) is 9.55 Å². The van der Waals surface area contributed by atoms with E-state index >= 15 is 0 Å². The van der Waals surface area contributed by atoms with E-state index in [-0.39, 0.29) is 5.97 Å². The molecule has 2 aromatic heterocycles. The van der Waals surface area contributed by atoms with Crippen LogP contribution in [0.4, 0.5) is 0 Å². The summed E-state index contributed by atoms with van der Waals surface area (Å²) in [4.78, 5) is 18.2. The number of carbonyl (C=O) groups excluding carboxylic acids is 1. The fourth-order valence-electron chi connectivity index (χ4n) is 4.89. The van der Waals surface area contributed by atoms with E-state index in [1.807, 2.05) is 25.4 Å². The first kappa shape index (κ1) is 25.8. The van der Waals surface area contributed by atoms with Gasteiger partial charge < -0.3 is 0 Å². The number of fused-ring (bicyclic) bond motifs is 1. The third kappa shape index (κ3) is 6.40. The number of rotatable bonds is 13. The van der Waals surface area contributed by atoms with E-state index in [0.717, 1.165) is 60.3 Å². The summed E-state index contributed by atoms with van der Waals surface area (Å²) in [6.07, 6.45) is 11.4. The zero-order chi connectivity index (χ0) is 23.7. The van der Waals surface area contributed by atoms with Gasteiger partial charge in [-0.25, -0.2) is 0 Å². The van der Waals surface area contributed by atoms with Crippen LogP contribution in [0.5, 0.6) is 0 Å². The van der Waals surface area contributed by atoms with Gasteiger partial charge in [0.25, 0.3) is 0 Å². The average Bonchev–Trinajstić information content (AvgIpc) is 3.12. The van der Waals surface area contributed by atoms with Crippen LogP contribution in [0.25, 0.3) is 10.9 Å². The van der Waals surface area contributed by atoms with Crippen LogP contribution in [0, 0.1) is 0 Å². The molecule has 0 atom stereocenters. The molecule has 4 nitrogen and oxygen atoms in total. The molecule has 0 N–H and O–H groups in total. The molecule has 3 rings (SSSR count). The maximum absolute atomic E-state index is 13.9. The van der Waals surface area contributed by atoms with E-state index in [0.29, 0.717) is 6.42 Å². The van der Waals surface area contributed by atoms with Crippen molar-refractivity contribution in [1.29, 1.82) is 0 Å². The van der Waals surface area contributed by atoms with Crippen molar-refractivity contribution in [3.8, 4) is 0 Å². The Morgan fingerprint density at radius 1 is 0.939 bits per heavy atom. The summed E-state index contributed by atoms with van der Waals surface area (Å²) in [7, 11) is 2.01. The Morgan fingerprint density at radius 3 is 2.15 bits per heavy atom. The number of carbonyl (C=O) groups is 1. The summed E-state index contributed by atoms with van der Waals surface area (Å²) in [5.74, 6) is -0.0910. The molecule has 3 aromatic rings. The van der Waals surface area contributed by atoms with Crippen LogP contribution < -0.4 is 0 Å². The van der Waals surface area contributed by atoms with Crippen LogP contribution >= 0.6 is 0 Å². The first-order valence-corrected chi connectivity index (χ1v) is 20.0. The minimum absolute atomic E-state index is 0.0910. The molecule has 0 aliphatic carbocycles. The summed E-state index contributed by atoms with van der Waals surface area (Å²) in [6.45, 7) is 6.73. The van der Waals surface area contributed by atoms with Gasteiger partial charge in [-0.05, 0) is 0 Å². The Morgan fingerprint density at radius 2 is 1.58 bits per heavy atom. The van der Waals surface area contributed by atoms with Gasteiger partial charge in [0, 0.05) is 0 Å². The second-order valence-corrected chi connectivity index (χ2v) is 20.9. The molecule has 0 aliphatic heterocycles. The van der Waals surface area contributed by atoms with Crippen molar-refractivity contribution in [2.75, 3.05) is 0 Å². The number of pyridine rings is 1. The topological polar surface area (TPSA) is 44.1 Å². The second kappa shape index (κ2) is 12.6. The van der Waals surface area contributed by atoms with Gasteiger partial charge in [-0.2, -0.15) is 0 Å². The van der Waals surface area contributed by atoms with Crippen LogP contribution in [0.1, 0.15) is 80.9 Å². The zero-order valence-corrected chi connectivity index (χ0v) is 23.8. The molecule has 1 aromatic carbocycles. The number of aromatic nitrogens is 2. The van der Waals surface area contributed by atoms with Crippen LogP contribution in [0.3, 0.4) is 0 Å². The predicted octanol–water partition coefficient (Wildman–Crippen LogP) is 7.67. The van der Waals surface area contributed by atoms with Crippen molar-refractivity contribution in [2.45, 2.75) is 79.0 Å². The van der Waals surface area contributed by atoms with Gasteiger partial charge >= 0.3 is 205 Å². The summed E-state index contributed by atoms with van der Waals surface area (Å²) >= 11 is -3.08. The number of nitrogens with zero attached hydrogens (tertiary/aromatic N) is 2. The average molecular weight is 555 g/mol. The maximum atomic E-state index is 13.9. The Balaban J connectivity index is 2.02. The first-order chi connectivity index (χ1) is 16.0. The monoisotopic (exact) mass is 556 g/mol. The molecule has 0 amide bonds. The van der Waals surface area contributed by atoms with Gasteiger partial charge in [0.15, 0.2) is 0 Å². The molecule has 2 heterocycles. The van der Waals surface area contributed by atoms with Gasteiger partial charge in [0.05, 0.1) is 0 Å². The second-order valence-electron chi connectivity index (χ2n) is 9.32. The van der Waals surface area contributed by atoms with Gasteiger partial charge in [0.2, 0.25) is 0 Å². The Hall–Kier alpha value is -1.82. The third-order valence-electron chi connectivity index (χ3n) is 6.78. The number of benzene rings is 1. The number of hydrogen-bond donors (Lipinski definition) is 0. The molecule has 0 saturated carbocycles. The normalized spacial score (nSPS) is 11.8. The number of para-hydroxylation sites is 1. The van der Waals surface area contributed by atoms with Gasteiger partial charge in [-0.1, -0.05) is 0 Å². The fraction of sp³-hybridized carbons (Fsp3) is 0.500. The molecule has 0 spiro atoms. The summed E-state index contributed by atoms with van der Waals surface area (Å²) in [5.41, 5.74) is 3.99. The molecule has 178 valence electrons. The minimum atomic E-state index is -3.08. The van der Waals surface area contributed by atoms with Gasteiger partial charge in [0.1, 0.15) is 0 Å². The summed E-state index contributed by atoms with van der Waals surface area (Å²) < 4.78 is 12.3. The Bertz CT molecular complexity index is 1010. The molecular weight excluding hydrogens is 515 g/mol. The molecule has 0 saturated heterocycles. The summed E-state index contributed by atoms with van der Waals surface area (Å²) in [5, 5.41) is 1.13. The number of hydrogen-bond acceptors (Lipinski definition) is 3. The quantitative estimate of drug-likeness (QED) is 0.204. The van der Waals surface area contributed by atoms with E-state index in [2.05, 4.69) is 54.6 Å². The van der Waals surface area contributed by atoms with Crippen molar-refractivity contribution in [3.63, 3.8) is 0 Å². The molecule has 0 fully saturated rings. The van der Waals surface area contributed by atoms with E-state index < -0.39 is 18.8 Å². The van der Waals surface area contributed by atoms with E-state index in [9.17, 15) is 4.79 Å². The molecule has 0 bridgehead atoms. The fourth-order valence-corrected chi connectivity index (χ4v) is 17.8. The molecule has 0 radical (unpaired) electrons. The van der Waals surface area contributed by atoms with Gasteiger partial charge in [-0.15, -0.1) is 0 Å².